The molecule has 1 amide bonds. The Kier molecular flexibility index (Phi) is 6.10. The molecule has 7 nitrogen and oxygen atoms in total. The highest BCUT2D eigenvalue weighted by Crippen LogP contribution is 2.35. The fourth-order valence-corrected chi connectivity index (χ4v) is 3.98. The van der Waals surface area contributed by atoms with Gasteiger partial charge in [-0.3, -0.25) is 9.10 Å². The van der Waals surface area contributed by atoms with Crippen LogP contribution in [0.2, 0.25) is 0 Å². The molecule has 8 heteroatoms. The van der Waals surface area contributed by atoms with Crippen LogP contribution < -0.4 is 19.1 Å². The normalized spacial score (nSPS) is 10.9. The molecule has 0 spiro atoms. The molecule has 140 valence electrons. The van der Waals surface area contributed by atoms with Crippen molar-refractivity contribution in [2.24, 2.45) is 0 Å². The van der Waals surface area contributed by atoms with Crippen molar-refractivity contribution >= 4 is 27.3 Å². The van der Waals surface area contributed by atoms with E-state index in [4.69, 9.17) is 9.47 Å². The van der Waals surface area contributed by atoms with Crippen molar-refractivity contribution in [3.8, 4) is 11.5 Å². The van der Waals surface area contributed by atoms with Crippen LogP contribution in [0.4, 0.5) is 11.4 Å². The second-order valence-corrected chi connectivity index (χ2v) is 7.28. The lowest BCUT2D eigenvalue weighted by atomic mass is 10.2. The Hall–Kier alpha value is -2.74. The maximum atomic E-state index is 13.1. The molecule has 0 saturated carbocycles. The van der Waals surface area contributed by atoms with Crippen LogP contribution in [0.25, 0.3) is 0 Å². The van der Waals surface area contributed by atoms with Crippen LogP contribution in [-0.4, -0.2) is 35.1 Å². The molecular formula is C18H22N2O5S. The van der Waals surface area contributed by atoms with Gasteiger partial charge < -0.3 is 14.8 Å². The zero-order valence-electron chi connectivity index (χ0n) is 15.1. The van der Waals surface area contributed by atoms with E-state index in [1.54, 1.807) is 37.3 Å². The topological polar surface area (TPSA) is 84.9 Å². The van der Waals surface area contributed by atoms with Crippen molar-refractivity contribution in [1.82, 2.24) is 0 Å². The number of carbonyl (C=O) groups is 1. The van der Waals surface area contributed by atoms with Gasteiger partial charge in [-0.05, 0) is 43.3 Å². The van der Waals surface area contributed by atoms with Crippen LogP contribution in [0.5, 0.6) is 11.5 Å². The Morgan fingerprint density at radius 2 is 1.73 bits per heavy atom. The van der Waals surface area contributed by atoms with Gasteiger partial charge in [-0.2, -0.15) is 0 Å². The first-order valence-corrected chi connectivity index (χ1v) is 9.40. The molecular weight excluding hydrogens is 356 g/mol. The molecule has 0 saturated heterocycles. The van der Waals surface area contributed by atoms with Gasteiger partial charge in [-0.25, -0.2) is 8.42 Å². The molecule has 0 bridgehead atoms. The number of amides is 1. The number of rotatable bonds is 7. The smallest absolute Gasteiger partial charge is 0.264 e. The number of anilines is 2. The van der Waals surface area contributed by atoms with Gasteiger partial charge in [-0.15, -0.1) is 0 Å². The third-order valence-electron chi connectivity index (χ3n) is 3.70. The van der Waals surface area contributed by atoms with Crippen LogP contribution >= 0.6 is 0 Å². The molecule has 0 aromatic heterocycles. The van der Waals surface area contributed by atoms with Gasteiger partial charge in [-0.1, -0.05) is 0 Å². The van der Waals surface area contributed by atoms with E-state index in [9.17, 15) is 13.2 Å². The summed E-state index contributed by atoms with van der Waals surface area (Å²) in [6, 6.07) is 11.0. The van der Waals surface area contributed by atoms with Gasteiger partial charge in [0.2, 0.25) is 5.91 Å². The summed E-state index contributed by atoms with van der Waals surface area (Å²) in [7, 11) is -0.831. The van der Waals surface area contributed by atoms with E-state index in [0.717, 1.165) is 0 Å². The zero-order valence-corrected chi connectivity index (χ0v) is 16.0. The van der Waals surface area contributed by atoms with Gasteiger partial charge in [0.05, 0.1) is 24.8 Å². The summed E-state index contributed by atoms with van der Waals surface area (Å²) in [5.74, 6) is 0.721. The van der Waals surface area contributed by atoms with Crippen molar-refractivity contribution < 1.29 is 22.7 Å². The summed E-state index contributed by atoms with van der Waals surface area (Å²) in [6.07, 6.45) is 0. The predicted octanol–water partition coefficient (Wildman–Crippen LogP) is 2.88. The Balaban J connectivity index is 2.47. The van der Waals surface area contributed by atoms with Gasteiger partial charge in [0.1, 0.15) is 11.5 Å². The number of benzene rings is 2. The number of carbonyl (C=O) groups excluding carboxylic acids is 1. The summed E-state index contributed by atoms with van der Waals surface area (Å²) in [5.41, 5.74) is 0.916. The zero-order chi connectivity index (χ0) is 19.3. The minimum Gasteiger partial charge on any atom is -0.497 e. The number of sulfonamides is 1. The van der Waals surface area contributed by atoms with Crippen LogP contribution in [-0.2, 0) is 14.8 Å². The first-order valence-electron chi connectivity index (χ1n) is 7.96. The molecule has 2 rings (SSSR count). The minimum atomic E-state index is -3.82. The molecule has 2 aromatic rings. The Labute approximate surface area is 153 Å². The Morgan fingerprint density at radius 1 is 1.08 bits per heavy atom. The van der Waals surface area contributed by atoms with Crippen molar-refractivity contribution in [1.29, 1.82) is 0 Å². The highest BCUT2D eigenvalue weighted by atomic mass is 32.2. The molecule has 1 N–H and O–H groups in total. The average molecular weight is 378 g/mol. The Morgan fingerprint density at radius 3 is 2.23 bits per heavy atom. The third kappa shape index (κ3) is 4.08. The lowest BCUT2D eigenvalue weighted by Gasteiger charge is -2.25. The third-order valence-corrected chi connectivity index (χ3v) is 5.61. The Bertz CT molecular complexity index is 879. The quantitative estimate of drug-likeness (QED) is 0.801. The first-order chi connectivity index (χ1) is 12.3. The summed E-state index contributed by atoms with van der Waals surface area (Å²) >= 11 is 0. The van der Waals surface area contributed by atoms with Crippen LogP contribution in [0, 0.1) is 0 Å². The van der Waals surface area contributed by atoms with Crippen LogP contribution in [0.3, 0.4) is 0 Å². The molecule has 26 heavy (non-hydrogen) atoms. The second-order valence-electron chi connectivity index (χ2n) is 5.41. The molecule has 0 aliphatic carbocycles. The number of nitrogens with zero attached hydrogens (tertiary/aromatic N) is 1. The number of methoxy groups -OCH3 is 2. The highest BCUT2D eigenvalue weighted by Gasteiger charge is 2.26. The average Bonchev–Trinajstić information content (AvgIpc) is 2.62. The van der Waals surface area contributed by atoms with E-state index in [2.05, 4.69) is 5.32 Å². The molecule has 0 atom stereocenters. The van der Waals surface area contributed by atoms with E-state index < -0.39 is 10.0 Å². The van der Waals surface area contributed by atoms with E-state index in [1.165, 1.54) is 37.6 Å². The maximum absolute atomic E-state index is 13.1. The number of ether oxygens (including phenoxy) is 2. The molecule has 0 unspecified atom stereocenters. The molecule has 0 fully saturated rings. The molecule has 2 aromatic carbocycles. The van der Waals surface area contributed by atoms with Crippen molar-refractivity contribution in [2.45, 2.75) is 18.7 Å². The van der Waals surface area contributed by atoms with Crippen LogP contribution in [0.1, 0.15) is 13.8 Å². The van der Waals surface area contributed by atoms with Crippen molar-refractivity contribution in [2.75, 3.05) is 30.4 Å². The fourth-order valence-electron chi connectivity index (χ4n) is 2.50. The van der Waals surface area contributed by atoms with E-state index >= 15 is 0 Å². The molecule has 0 aliphatic heterocycles. The van der Waals surface area contributed by atoms with E-state index in [1.807, 2.05) is 0 Å². The largest absolute Gasteiger partial charge is 0.497 e. The highest BCUT2D eigenvalue weighted by molar-refractivity contribution is 7.92. The summed E-state index contributed by atoms with van der Waals surface area (Å²) in [5, 5.41) is 2.61. The first kappa shape index (κ1) is 19.6. The van der Waals surface area contributed by atoms with Crippen LogP contribution in [0.15, 0.2) is 47.4 Å². The lowest BCUT2D eigenvalue weighted by molar-refractivity contribution is -0.114. The summed E-state index contributed by atoms with van der Waals surface area (Å²) in [6.45, 7) is 3.33. The molecule has 0 heterocycles. The van der Waals surface area contributed by atoms with Gasteiger partial charge in [0.25, 0.3) is 10.0 Å². The van der Waals surface area contributed by atoms with Gasteiger partial charge >= 0.3 is 0 Å². The summed E-state index contributed by atoms with van der Waals surface area (Å²) in [4.78, 5) is 11.2. The molecule has 0 aliphatic rings. The number of nitrogens with one attached hydrogen (secondary N) is 1. The predicted molar refractivity (Wildman–Crippen MR) is 100 cm³/mol. The van der Waals surface area contributed by atoms with E-state index in [-0.39, 0.29) is 17.3 Å². The maximum Gasteiger partial charge on any atom is 0.264 e. The number of hydrogen-bond donors (Lipinski definition) is 1. The number of hydrogen-bond acceptors (Lipinski definition) is 5. The summed E-state index contributed by atoms with van der Waals surface area (Å²) < 4.78 is 38.0. The molecule has 0 radical (unpaired) electrons. The minimum absolute atomic E-state index is 0.110. The van der Waals surface area contributed by atoms with Gasteiger partial charge in [0.15, 0.2) is 0 Å². The standard InChI is InChI=1S/C18H22N2O5S/c1-5-20(17-12-15(24-3)8-11-18(17)25-4)26(22,23)16-9-6-14(7-10-16)19-13(2)21/h6-12H,5H2,1-4H3,(H,19,21). The van der Waals surface area contributed by atoms with Crippen molar-refractivity contribution in [3.63, 3.8) is 0 Å². The van der Waals surface area contributed by atoms with Crippen molar-refractivity contribution in [3.05, 3.63) is 42.5 Å². The second kappa shape index (κ2) is 8.09. The fraction of sp³-hybridized carbons (Fsp3) is 0.278. The lowest BCUT2D eigenvalue weighted by Crippen LogP contribution is -2.31. The van der Waals surface area contributed by atoms with Gasteiger partial charge in [0, 0.05) is 25.2 Å². The monoisotopic (exact) mass is 378 g/mol. The van der Waals surface area contributed by atoms with E-state index in [0.29, 0.717) is 22.9 Å². The SMILES string of the molecule is CCN(c1cc(OC)ccc1OC)S(=O)(=O)c1ccc(NC(C)=O)cc1.